The fraction of sp³-hybridized carbons (Fsp3) is 0.364. The Bertz CT molecular complexity index is 1670. The summed E-state index contributed by atoms with van der Waals surface area (Å²) in [5.41, 5.74) is 3.08. The number of nitrogens with one attached hydrogen (secondary N) is 2. The van der Waals surface area contributed by atoms with Crippen molar-refractivity contribution in [1.29, 1.82) is 0 Å². The molecule has 242 valence electrons. The summed E-state index contributed by atoms with van der Waals surface area (Å²) < 4.78 is 17.9. The van der Waals surface area contributed by atoms with E-state index in [0.29, 0.717) is 28.2 Å². The van der Waals surface area contributed by atoms with Gasteiger partial charge in [0.2, 0.25) is 11.8 Å². The molecule has 2 aromatic heterocycles. The highest BCUT2D eigenvalue weighted by Gasteiger charge is 2.27. The summed E-state index contributed by atoms with van der Waals surface area (Å²) in [6.45, 7) is 4.62. The number of amides is 2. The van der Waals surface area contributed by atoms with Gasteiger partial charge in [0.25, 0.3) is 0 Å². The molecule has 4 aromatic rings. The van der Waals surface area contributed by atoms with Crippen LogP contribution in [0.4, 0.5) is 5.00 Å². The number of nitrogens with zero attached hydrogens (tertiary/aromatic N) is 3. The smallest absolute Gasteiger partial charge is 0.341 e. The van der Waals surface area contributed by atoms with E-state index >= 15 is 0 Å². The van der Waals surface area contributed by atoms with Crippen molar-refractivity contribution in [2.24, 2.45) is 0 Å². The molecule has 2 heterocycles. The highest BCUT2D eigenvalue weighted by atomic mass is 32.2. The summed E-state index contributed by atoms with van der Waals surface area (Å²) in [6, 6.07) is 14.8. The number of ether oxygens (including phenoxy) is 3. The second-order valence-electron chi connectivity index (χ2n) is 10.4. The number of methoxy groups -OCH3 is 1. The fourth-order valence-corrected chi connectivity index (χ4v) is 7.22. The van der Waals surface area contributed by atoms with Gasteiger partial charge in [-0.05, 0) is 87.1 Å². The standard InChI is InChI=1S/C33H37N5O6S2/c1-4-43-24-16-12-22(13-17-24)38-27(19-34-28(39)18-21-10-14-23(42-3)15-11-21)36-37-33(38)45-20-29(40)35-31-30(32(41)44-5-2)25-8-6-7-9-26(25)46-31/h10-17H,4-9,18-20H2,1-3H3,(H,34,39)(H,35,40). The van der Waals surface area contributed by atoms with E-state index in [1.165, 1.54) is 23.1 Å². The quantitative estimate of drug-likeness (QED) is 0.135. The maximum atomic E-state index is 13.2. The van der Waals surface area contributed by atoms with E-state index in [4.69, 9.17) is 14.2 Å². The highest BCUT2D eigenvalue weighted by Crippen LogP contribution is 2.39. The number of hydrogen-bond donors (Lipinski definition) is 2. The van der Waals surface area contributed by atoms with Crippen molar-refractivity contribution in [2.45, 2.75) is 57.7 Å². The van der Waals surface area contributed by atoms with Crippen LogP contribution in [0.5, 0.6) is 11.5 Å². The van der Waals surface area contributed by atoms with E-state index in [-0.39, 0.29) is 37.1 Å². The summed E-state index contributed by atoms with van der Waals surface area (Å²) in [4.78, 5) is 40.0. The van der Waals surface area contributed by atoms with E-state index in [9.17, 15) is 14.4 Å². The maximum Gasteiger partial charge on any atom is 0.341 e. The SMILES string of the molecule is CCOC(=O)c1c(NC(=O)CSc2nnc(CNC(=O)Cc3ccc(OC)cc3)n2-c2ccc(OCC)cc2)sc2c1CCCC2. The monoisotopic (exact) mass is 663 g/mol. The van der Waals surface area contributed by atoms with Gasteiger partial charge in [0.15, 0.2) is 11.0 Å². The average Bonchev–Trinajstić information content (AvgIpc) is 3.64. The fourth-order valence-electron chi connectivity index (χ4n) is 5.16. The Morgan fingerprint density at radius 3 is 2.39 bits per heavy atom. The van der Waals surface area contributed by atoms with Gasteiger partial charge in [-0.1, -0.05) is 23.9 Å². The molecule has 0 radical (unpaired) electrons. The largest absolute Gasteiger partial charge is 0.497 e. The molecule has 2 aromatic carbocycles. The predicted molar refractivity (Wildman–Crippen MR) is 177 cm³/mol. The second-order valence-corrected chi connectivity index (χ2v) is 12.5. The van der Waals surface area contributed by atoms with Gasteiger partial charge in [0, 0.05) is 10.6 Å². The number of thioether (sulfide) groups is 1. The zero-order valence-electron chi connectivity index (χ0n) is 26.1. The zero-order valence-corrected chi connectivity index (χ0v) is 27.7. The average molecular weight is 664 g/mol. The van der Waals surface area contributed by atoms with Gasteiger partial charge < -0.3 is 24.8 Å². The second kappa shape index (κ2) is 15.8. The van der Waals surface area contributed by atoms with Gasteiger partial charge in [0.1, 0.15) is 16.5 Å². The molecule has 0 spiro atoms. The normalized spacial score (nSPS) is 12.2. The van der Waals surface area contributed by atoms with Crippen LogP contribution in [0.15, 0.2) is 53.7 Å². The minimum Gasteiger partial charge on any atom is -0.497 e. The van der Waals surface area contributed by atoms with E-state index in [0.717, 1.165) is 58.9 Å². The molecule has 0 saturated carbocycles. The number of rotatable bonds is 14. The van der Waals surface area contributed by atoms with Crippen molar-refractivity contribution in [1.82, 2.24) is 20.1 Å². The van der Waals surface area contributed by atoms with Crippen molar-refractivity contribution in [3.05, 3.63) is 75.9 Å². The number of benzene rings is 2. The lowest BCUT2D eigenvalue weighted by atomic mass is 9.95. The van der Waals surface area contributed by atoms with Crippen LogP contribution in [-0.4, -0.2) is 58.6 Å². The summed E-state index contributed by atoms with van der Waals surface area (Å²) in [5, 5.41) is 15.6. The molecule has 1 aliphatic carbocycles. The van der Waals surface area contributed by atoms with Crippen LogP contribution in [0.1, 0.15) is 58.9 Å². The lowest BCUT2D eigenvalue weighted by Gasteiger charge is -2.13. The molecule has 0 aliphatic heterocycles. The predicted octanol–water partition coefficient (Wildman–Crippen LogP) is 5.38. The summed E-state index contributed by atoms with van der Waals surface area (Å²) in [7, 11) is 1.60. The highest BCUT2D eigenvalue weighted by molar-refractivity contribution is 7.99. The first-order chi connectivity index (χ1) is 22.4. The Balaban J connectivity index is 1.30. The number of esters is 1. The van der Waals surface area contributed by atoms with E-state index in [1.807, 2.05) is 60.0 Å². The molecule has 2 amide bonds. The Labute approximate surface area is 276 Å². The van der Waals surface area contributed by atoms with Crippen molar-refractivity contribution in [3.63, 3.8) is 0 Å². The molecule has 11 nitrogen and oxygen atoms in total. The van der Waals surface area contributed by atoms with Crippen molar-refractivity contribution < 1.29 is 28.6 Å². The molecule has 2 N–H and O–H groups in total. The first kappa shape index (κ1) is 33.0. The number of hydrogen-bond acceptors (Lipinski definition) is 10. The van der Waals surface area contributed by atoms with Crippen molar-refractivity contribution in [2.75, 3.05) is 31.4 Å². The molecule has 0 fully saturated rings. The number of carbonyl (C=O) groups excluding carboxylic acids is 3. The third-order valence-electron chi connectivity index (χ3n) is 7.31. The van der Waals surface area contributed by atoms with Gasteiger partial charge in [0.05, 0.1) is 44.6 Å². The lowest BCUT2D eigenvalue weighted by molar-refractivity contribution is -0.120. The summed E-state index contributed by atoms with van der Waals surface area (Å²) in [5.74, 6) is 1.13. The number of aryl methyl sites for hydroxylation is 1. The molecule has 46 heavy (non-hydrogen) atoms. The summed E-state index contributed by atoms with van der Waals surface area (Å²) >= 11 is 2.67. The number of aromatic nitrogens is 3. The van der Waals surface area contributed by atoms with Crippen LogP contribution in [-0.2, 0) is 40.1 Å². The van der Waals surface area contributed by atoms with E-state index in [2.05, 4.69) is 20.8 Å². The Morgan fingerprint density at radius 2 is 1.67 bits per heavy atom. The topological polar surface area (TPSA) is 134 Å². The maximum absolute atomic E-state index is 13.2. The Morgan fingerprint density at radius 1 is 0.935 bits per heavy atom. The minimum absolute atomic E-state index is 0.0316. The van der Waals surface area contributed by atoms with E-state index < -0.39 is 5.97 Å². The zero-order chi connectivity index (χ0) is 32.5. The minimum atomic E-state index is -0.404. The molecule has 0 saturated heterocycles. The Hall–Kier alpha value is -4.36. The van der Waals surface area contributed by atoms with Crippen LogP contribution in [0.2, 0.25) is 0 Å². The molecule has 0 bridgehead atoms. The van der Waals surface area contributed by atoms with Gasteiger partial charge >= 0.3 is 5.97 Å². The van der Waals surface area contributed by atoms with Crippen molar-refractivity contribution in [3.8, 4) is 17.2 Å². The third-order valence-corrected chi connectivity index (χ3v) is 9.45. The summed E-state index contributed by atoms with van der Waals surface area (Å²) in [6.07, 6.45) is 3.95. The molecular weight excluding hydrogens is 627 g/mol. The third kappa shape index (κ3) is 8.07. The van der Waals surface area contributed by atoms with Crippen LogP contribution >= 0.6 is 23.1 Å². The first-order valence-corrected chi connectivity index (χ1v) is 17.0. The number of anilines is 1. The van der Waals surface area contributed by atoms with E-state index in [1.54, 1.807) is 14.0 Å². The number of fused-ring (bicyclic) bond motifs is 1. The van der Waals surface area contributed by atoms with Crippen LogP contribution < -0.4 is 20.1 Å². The first-order valence-electron chi connectivity index (χ1n) is 15.2. The number of carbonyl (C=O) groups is 3. The van der Waals surface area contributed by atoms with Gasteiger partial charge in [-0.25, -0.2) is 4.79 Å². The van der Waals surface area contributed by atoms with Crippen LogP contribution in [0.25, 0.3) is 5.69 Å². The van der Waals surface area contributed by atoms with Gasteiger partial charge in [-0.2, -0.15) is 0 Å². The molecular formula is C33H37N5O6S2. The molecule has 1 aliphatic rings. The lowest BCUT2D eigenvalue weighted by Crippen LogP contribution is -2.26. The Kier molecular flexibility index (Phi) is 11.3. The van der Waals surface area contributed by atoms with Gasteiger partial charge in [-0.15, -0.1) is 21.5 Å². The molecule has 0 atom stereocenters. The molecule has 5 rings (SSSR count). The molecule has 13 heteroatoms. The number of thiophene rings is 1. The van der Waals surface area contributed by atoms with Crippen LogP contribution in [0.3, 0.4) is 0 Å². The van der Waals surface area contributed by atoms with Crippen LogP contribution in [0, 0.1) is 0 Å². The molecule has 0 unspecified atom stereocenters. The van der Waals surface area contributed by atoms with Gasteiger partial charge in [-0.3, -0.25) is 14.2 Å². The van der Waals surface area contributed by atoms with Crippen molar-refractivity contribution >= 4 is 45.9 Å².